The zero-order valence-electron chi connectivity index (χ0n) is 9.41. The van der Waals surface area contributed by atoms with Gasteiger partial charge < -0.3 is 4.90 Å². The van der Waals surface area contributed by atoms with E-state index in [4.69, 9.17) is 16.9 Å². The van der Waals surface area contributed by atoms with Crippen LogP contribution in [-0.2, 0) is 0 Å². The fourth-order valence-electron chi connectivity index (χ4n) is 1.45. The summed E-state index contributed by atoms with van der Waals surface area (Å²) in [5.74, 6) is -0.106. The maximum atomic E-state index is 12.1. The predicted octanol–water partition coefficient (Wildman–Crippen LogP) is 3.48. The molecule has 1 aromatic rings. The smallest absolute Gasteiger partial charge is 0.253 e. The maximum absolute atomic E-state index is 12.1. The van der Waals surface area contributed by atoms with Gasteiger partial charge in [0.15, 0.2) is 0 Å². The van der Waals surface area contributed by atoms with Gasteiger partial charge in [0, 0.05) is 28.1 Å². The Morgan fingerprint density at radius 3 is 2.76 bits per heavy atom. The largest absolute Gasteiger partial charge is 0.338 e. The quantitative estimate of drug-likeness (QED) is 0.854. The highest BCUT2D eigenvalue weighted by atomic mass is 79.9. The van der Waals surface area contributed by atoms with Crippen LogP contribution in [0.3, 0.4) is 0 Å². The fraction of sp³-hybridized carbons (Fsp3) is 0.333. The van der Waals surface area contributed by atoms with E-state index in [2.05, 4.69) is 15.9 Å². The summed E-state index contributed by atoms with van der Waals surface area (Å²) in [6.07, 6.45) is 0.335. The highest BCUT2D eigenvalue weighted by Gasteiger charge is 2.14. The van der Waals surface area contributed by atoms with Crippen molar-refractivity contribution in [2.24, 2.45) is 0 Å². The van der Waals surface area contributed by atoms with Crippen molar-refractivity contribution in [1.29, 1.82) is 5.26 Å². The number of benzene rings is 1. The van der Waals surface area contributed by atoms with E-state index in [0.717, 1.165) is 4.47 Å². The van der Waals surface area contributed by atoms with Crippen molar-refractivity contribution >= 4 is 33.4 Å². The van der Waals surface area contributed by atoms with Gasteiger partial charge in [-0.05, 0) is 25.1 Å². The highest BCUT2D eigenvalue weighted by molar-refractivity contribution is 9.10. The molecule has 3 nitrogen and oxygen atoms in total. The van der Waals surface area contributed by atoms with Gasteiger partial charge >= 0.3 is 0 Å². The molecule has 0 spiro atoms. The first-order valence-corrected chi connectivity index (χ1v) is 6.38. The summed E-state index contributed by atoms with van der Waals surface area (Å²) in [4.78, 5) is 13.7. The Balaban J connectivity index is 2.90. The van der Waals surface area contributed by atoms with Crippen molar-refractivity contribution in [3.8, 4) is 6.07 Å². The lowest BCUT2D eigenvalue weighted by molar-refractivity contribution is 0.0767. The summed E-state index contributed by atoms with van der Waals surface area (Å²) in [7, 11) is 0. The fourth-order valence-corrected chi connectivity index (χ4v) is 2.31. The van der Waals surface area contributed by atoms with Crippen LogP contribution in [0.2, 0.25) is 5.02 Å². The van der Waals surface area contributed by atoms with Crippen molar-refractivity contribution < 1.29 is 4.79 Å². The summed E-state index contributed by atoms with van der Waals surface area (Å²) < 4.78 is 0.768. The van der Waals surface area contributed by atoms with E-state index in [-0.39, 0.29) is 5.91 Å². The van der Waals surface area contributed by atoms with E-state index in [1.54, 1.807) is 23.1 Å². The van der Waals surface area contributed by atoms with E-state index >= 15 is 0 Å². The monoisotopic (exact) mass is 314 g/mol. The Labute approximate surface area is 114 Å². The molecule has 1 amide bonds. The Morgan fingerprint density at radius 1 is 1.53 bits per heavy atom. The number of halogens is 2. The number of hydrogen-bond donors (Lipinski definition) is 0. The molecular formula is C12H12BrClN2O. The minimum atomic E-state index is -0.106. The van der Waals surface area contributed by atoms with E-state index in [1.807, 2.05) is 13.0 Å². The van der Waals surface area contributed by atoms with Crippen molar-refractivity contribution in [3.05, 3.63) is 33.3 Å². The number of carbonyl (C=O) groups is 1. The van der Waals surface area contributed by atoms with Gasteiger partial charge in [0.25, 0.3) is 5.91 Å². The minimum Gasteiger partial charge on any atom is -0.338 e. The van der Waals surface area contributed by atoms with Gasteiger partial charge in [0.05, 0.1) is 12.5 Å². The van der Waals surface area contributed by atoms with Gasteiger partial charge in [-0.2, -0.15) is 5.26 Å². The molecule has 0 aliphatic carbocycles. The summed E-state index contributed by atoms with van der Waals surface area (Å²) in [5, 5.41) is 9.05. The molecule has 1 rings (SSSR count). The molecule has 1 aromatic carbocycles. The third-order valence-electron chi connectivity index (χ3n) is 2.27. The third kappa shape index (κ3) is 4.03. The lowest BCUT2D eigenvalue weighted by Crippen LogP contribution is -2.31. The van der Waals surface area contributed by atoms with Crippen molar-refractivity contribution in [1.82, 2.24) is 4.90 Å². The summed E-state index contributed by atoms with van der Waals surface area (Å²) in [6.45, 7) is 2.90. The second kappa shape index (κ2) is 6.63. The molecule has 0 bridgehead atoms. The first-order chi connectivity index (χ1) is 8.08. The van der Waals surface area contributed by atoms with Gasteiger partial charge in [0.1, 0.15) is 0 Å². The number of rotatable bonds is 4. The summed E-state index contributed by atoms with van der Waals surface area (Å²) in [6, 6.07) is 7.11. The van der Waals surface area contributed by atoms with Crippen LogP contribution < -0.4 is 0 Å². The zero-order chi connectivity index (χ0) is 12.8. The number of hydrogen-bond acceptors (Lipinski definition) is 2. The Hall–Kier alpha value is -1.05. The first-order valence-electron chi connectivity index (χ1n) is 5.20. The molecule has 0 saturated carbocycles. The lowest BCUT2D eigenvalue weighted by atomic mass is 10.2. The third-order valence-corrected chi connectivity index (χ3v) is 2.95. The second-order valence-electron chi connectivity index (χ2n) is 3.45. The molecule has 0 fully saturated rings. The highest BCUT2D eigenvalue weighted by Crippen LogP contribution is 2.20. The minimum absolute atomic E-state index is 0.106. The average molecular weight is 316 g/mol. The van der Waals surface area contributed by atoms with Gasteiger partial charge in [-0.25, -0.2) is 0 Å². The Kier molecular flexibility index (Phi) is 5.46. The molecule has 0 aliphatic heterocycles. The molecular weight excluding hydrogens is 304 g/mol. The SMILES string of the molecule is CCN(CCC#N)C(=O)c1cc(Cl)cc(Br)c1. The molecule has 0 unspecified atom stereocenters. The van der Waals surface area contributed by atoms with Crippen LogP contribution in [0, 0.1) is 11.3 Å². The van der Waals surface area contributed by atoms with Gasteiger partial charge in [-0.3, -0.25) is 4.79 Å². The van der Waals surface area contributed by atoms with Crippen LogP contribution in [0.5, 0.6) is 0 Å². The maximum Gasteiger partial charge on any atom is 0.253 e. The lowest BCUT2D eigenvalue weighted by Gasteiger charge is -2.19. The molecule has 17 heavy (non-hydrogen) atoms. The molecule has 0 aromatic heterocycles. The summed E-state index contributed by atoms with van der Waals surface area (Å²) >= 11 is 9.19. The van der Waals surface area contributed by atoms with E-state index < -0.39 is 0 Å². The van der Waals surface area contributed by atoms with Crippen molar-refractivity contribution in [3.63, 3.8) is 0 Å². The van der Waals surface area contributed by atoms with E-state index in [0.29, 0.717) is 30.1 Å². The zero-order valence-corrected chi connectivity index (χ0v) is 11.8. The van der Waals surface area contributed by atoms with E-state index in [1.165, 1.54) is 0 Å². The van der Waals surface area contributed by atoms with Crippen LogP contribution in [-0.4, -0.2) is 23.9 Å². The van der Waals surface area contributed by atoms with Crippen LogP contribution in [0.1, 0.15) is 23.7 Å². The molecule has 0 radical (unpaired) electrons. The standard InChI is InChI=1S/C12H12BrClN2O/c1-2-16(5-3-4-15)12(17)9-6-10(13)8-11(14)7-9/h6-8H,2-3,5H2,1H3. The van der Waals surface area contributed by atoms with Crippen LogP contribution in [0.4, 0.5) is 0 Å². The molecule has 0 saturated heterocycles. The molecule has 0 N–H and O–H groups in total. The molecule has 5 heteroatoms. The Bertz CT molecular complexity index is 436. The van der Waals surface area contributed by atoms with Crippen molar-refractivity contribution in [2.75, 3.05) is 13.1 Å². The number of nitriles is 1. The average Bonchev–Trinajstić information content (AvgIpc) is 2.28. The number of carbonyl (C=O) groups excluding carboxylic acids is 1. The normalized spacial score (nSPS) is 9.76. The Morgan fingerprint density at radius 2 is 2.24 bits per heavy atom. The van der Waals surface area contributed by atoms with Crippen LogP contribution in [0.25, 0.3) is 0 Å². The molecule has 90 valence electrons. The van der Waals surface area contributed by atoms with Gasteiger partial charge in [-0.15, -0.1) is 0 Å². The molecule has 0 aliphatic rings. The van der Waals surface area contributed by atoms with Crippen LogP contribution >= 0.6 is 27.5 Å². The number of nitrogens with zero attached hydrogens (tertiary/aromatic N) is 2. The first kappa shape index (κ1) is 14.0. The van der Waals surface area contributed by atoms with Gasteiger partial charge in [0.2, 0.25) is 0 Å². The predicted molar refractivity (Wildman–Crippen MR) is 71.0 cm³/mol. The van der Waals surface area contributed by atoms with Gasteiger partial charge in [-0.1, -0.05) is 27.5 Å². The molecule has 0 atom stereocenters. The van der Waals surface area contributed by atoms with Crippen LogP contribution in [0.15, 0.2) is 22.7 Å². The van der Waals surface area contributed by atoms with Crippen molar-refractivity contribution in [2.45, 2.75) is 13.3 Å². The van der Waals surface area contributed by atoms with E-state index in [9.17, 15) is 4.79 Å². The topological polar surface area (TPSA) is 44.1 Å². The second-order valence-corrected chi connectivity index (χ2v) is 4.80. The summed E-state index contributed by atoms with van der Waals surface area (Å²) in [5.41, 5.74) is 0.532. The number of amides is 1. The molecule has 0 heterocycles.